The number of amides is 1. The first-order valence-corrected chi connectivity index (χ1v) is 6.47. The van der Waals surface area contributed by atoms with Gasteiger partial charge < -0.3 is 10.6 Å². The lowest BCUT2D eigenvalue weighted by Crippen LogP contribution is -2.30. The van der Waals surface area contributed by atoms with Crippen molar-refractivity contribution in [1.29, 1.82) is 0 Å². The zero-order valence-corrected chi connectivity index (χ0v) is 11.5. The Balaban J connectivity index is 1.85. The highest BCUT2D eigenvalue weighted by Gasteiger charge is 2.18. The molecule has 21 heavy (non-hydrogen) atoms. The first kappa shape index (κ1) is 15.0. The van der Waals surface area contributed by atoms with Crippen LogP contribution in [0, 0.1) is 6.92 Å². The van der Waals surface area contributed by atoms with Gasteiger partial charge in [0.25, 0.3) is 5.91 Å². The average molecular weight is 294 g/mol. The number of alkyl halides is 2. The number of aryl methyl sites for hydroxylation is 1. The molecule has 0 aromatic carbocycles. The van der Waals surface area contributed by atoms with E-state index in [1.54, 1.807) is 18.5 Å². The maximum absolute atomic E-state index is 12.9. The number of rotatable bonds is 6. The smallest absolute Gasteiger partial charge is 0.319 e. The van der Waals surface area contributed by atoms with Gasteiger partial charge in [0.2, 0.25) is 0 Å². The molecule has 0 unspecified atom stereocenters. The van der Waals surface area contributed by atoms with Crippen LogP contribution in [0.2, 0.25) is 0 Å². The third-order valence-electron chi connectivity index (χ3n) is 2.95. The van der Waals surface area contributed by atoms with Crippen molar-refractivity contribution in [2.45, 2.75) is 13.5 Å². The van der Waals surface area contributed by atoms with Crippen molar-refractivity contribution < 1.29 is 13.6 Å². The molecule has 0 saturated heterocycles. The maximum Gasteiger partial charge on any atom is 0.319 e. The molecule has 2 rings (SSSR count). The van der Waals surface area contributed by atoms with Crippen LogP contribution < -0.4 is 10.6 Å². The molecule has 0 bridgehead atoms. The molecule has 0 spiro atoms. The quantitative estimate of drug-likeness (QED) is 0.804. The van der Waals surface area contributed by atoms with Gasteiger partial charge in [0, 0.05) is 31.2 Å². The van der Waals surface area contributed by atoms with Crippen LogP contribution in [-0.2, 0) is 0 Å². The Morgan fingerprint density at radius 2 is 2.14 bits per heavy atom. The van der Waals surface area contributed by atoms with E-state index >= 15 is 0 Å². The molecule has 0 saturated carbocycles. The number of nitrogens with zero attached hydrogens (tertiary/aromatic N) is 2. The van der Waals surface area contributed by atoms with Crippen LogP contribution in [0.5, 0.6) is 0 Å². The van der Waals surface area contributed by atoms with Crippen molar-refractivity contribution in [3.05, 3.63) is 48.0 Å². The molecule has 0 fully saturated rings. The summed E-state index contributed by atoms with van der Waals surface area (Å²) in [6.45, 7) is -0.394. The van der Waals surface area contributed by atoms with Gasteiger partial charge in [-0.15, -0.1) is 0 Å². The lowest BCUT2D eigenvalue weighted by atomic mass is 10.4. The van der Waals surface area contributed by atoms with Gasteiger partial charge in [-0.3, -0.25) is 14.3 Å². The molecule has 5 nitrogen and oxygen atoms in total. The summed E-state index contributed by atoms with van der Waals surface area (Å²) in [5.41, 5.74) is 1.14. The zero-order valence-electron chi connectivity index (χ0n) is 11.5. The Morgan fingerprint density at radius 3 is 2.81 bits per heavy atom. The molecular formula is C14H16F2N4O. The molecule has 7 heteroatoms. The van der Waals surface area contributed by atoms with Crippen LogP contribution in [0.3, 0.4) is 0 Å². The summed E-state index contributed by atoms with van der Waals surface area (Å²) in [6, 6.07) is 6.53. The second-order valence-electron chi connectivity index (χ2n) is 4.43. The van der Waals surface area contributed by atoms with Gasteiger partial charge in [0.05, 0.1) is 5.69 Å². The van der Waals surface area contributed by atoms with Crippen molar-refractivity contribution in [3.8, 4) is 0 Å². The summed E-state index contributed by atoms with van der Waals surface area (Å²) in [6.07, 6.45) is 3.32. The van der Waals surface area contributed by atoms with E-state index in [1.807, 2.05) is 6.07 Å². The van der Waals surface area contributed by atoms with Gasteiger partial charge in [-0.05, 0) is 31.2 Å². The number of carbonyl (C=O) groups is 1. The van der Waals surface area contributed by atoms with Gasteiger partial charge in [-0.2, -0.15) is 8.78 Å². The Labute approximate surface area is 121 Å². The number of nitrogens with one attached hydrogen (secondary N) is 2. The van der Waals surface area contributed by atoms with E-state index in [1.165, 1.54) is 19.1 Å². The normalized spacial score (nSPS) is 10.7. The van der Waals surface area contributed by atoms with Crippen LogP contribution in [0.4, 0.5) is 14.5 Å². The van der Waals surface area contributed by atoms with Crippen LogP contribution in [0.1, 0.15) is 22.7 Å². The summed E-state index contributed by atoms with van der Waals surface area (Å²) in [4.78, 5) is 15.8. The maximum atomic E-state index is 12.9. The van der Waals surface area contributed by atoms with Crippen molar-refractivity contribution >= 4 is 11.6 Å². The van der Waals surface area contributed by atoms with E-state index in [0.29, 0.717) is 23.4 Å². The molecule has 0 aliphatic heterocycles. The number of aromatic nitrogens is 2. The second kappa shape index (κ2) is 6.83. The molecule has 1 amide bonds. The molecule has 0 atom stereocenters. The number of hydrogen-bond acceptors (Lipinski definition) is 3. The molecular weight excluding hydrogens is 278 g/mol. The highest BCUT2D eigenvalue weighted by atomic mass is 19.3. The van der Waals surface area contributed by atoms with E-state index < -0.39 is 12.5 Å². The third-order valence-corrected chi connectivity index (χ3v) is 2.95. The Bertz CT molecular complexity index is 598. The SMILES string of the molecule is Cc1ccc(C(=O)NCCNc2cccnc2)n1C(F)F. The van der Waals surface area contributed by atoms with Gasteiger partial charge >= 0.3 is 6.55 Å². The highest BCUT2D eigenvalue weighted by molar-refractivity contribution is 5.92. The fraction of sp³-hybridized carbons (Fsp3) is 0.286. The lowest BCUT2D eigenvalue weighted by molar-refractivity contribution is 0.0618. The largest absolute Gasteiger partial charge is 0.382 e. The molecule has 2 N–H and O–H groups in total. The van der Waals surface area contributed by atoms with Gasteiger partial charge in [0.15, 0.2) is 0 Å². The molecule has 0 aliphatic rings. The zero-order chi connectivity index (χ0) is 15.2. The van der Waals surface area contributed by atoms with Gasteiger partial charge in [-0.25, -0.2) is 0 Å². The fourth-order valence-corrected chi connectivity index (χ4v) is 1.94. The molecule has 2 heterocycles. The van der Waals surface area contributed by atoms with Crippen LogP contribution >= 0.6 is 0 Å². The molecule has 0 aliphatic carbocycles. The first-order chi connectivity index (χ1) is 10.1. The first-order valence-electron chi connectivity index (χ1n) is 6.47. The lowest BCUT2D eigenvalue weighted by Gasteiger charge is -2.11. The Morgan fingerprint density at radius 1 is 1.33 bits per heavy atom. The predicted octanol–water partition coefficient (Wildman–Crippen LogP) is 2.43. The van der Waals surface area contributed by atoms with Crippen LogP contribution in [-0.4, -0.2) is 28.5 Å². The number of pyridine rings is 1. The predicted molar refractivity (Wildman–Crippen MR) is 75.5 cm³/mol. The molecule has 2 aromatic rings. The number of anilines is 1. The van der Waals surface area contributed by atoms with Crippen LogP contribution in [0.25, 0.3) is 0 Å². The van der Waals surface area contributed by atoms with E-state index in [9.17, 15) is 13.6 Å². The molecule has 2 aromatic heterocycles. The summed E-state index contributed by atoms with van der Waals surface area (Å²) < 4.78 is 26.4. The number of carbonyl (C=O) groups excluding carboxylic acids is 1. The third kappa shape index (κ3) is 3.77. The molecule has 112 valence electrons. The van der Waals surface area contributed by atoms with E-state index in [4.69, 9.17) is 0 Å². The number of hydrogen-bond donors (Lipinski definition) is 2. The minimum Gasteiger partial charge on any atom is -0.382 e. The van der Waals surface area contributed by atoms with E-state index in [-0.39, 0.29) is 5.69 Å². The van der Waals surface area contributed by atoms with Crippen molar-refractivity contribution in [2.75, 3.05) is 18.4 Å². The molecule has 0 radical (unpaired) electrons. The highest BCUT2D eigenvalue weighted by Crippen LogP contribution is 2.18. The van der Waals surface area contributed by atoms with Crippen LogP contribution in [0.15, 0.2) is 36.7 Å². The standard InChI is InChI=1S/C14H16F2N4O/c1-10-4-5-12(20(10)14(15)16)13(21)19-8-7-18-11-3-2-6-17-9-11/h2-6,9,14,18H,7-8H2,1H3,(H,19,21). The minimum atomic E-state index is -2.73. The van der Waals surface area contributed by atoms with Gasteiger partial charge in [-0.1, -0.05) is 0 Å². The summed E-state index contributed by atoms with van der Waals surface area (Å²) >= 11 is 0. The number of halogens is 2. The Kier molecular flexibility index (Phi) is 4.86. The average Bonchev–Trinajstić information content (AvgIpc) is 2.86. The van der Waals surface area contributed by atoms with Crippen molar-refractivity contribution in [2.24, 2.45) is 0 Å². The summed E-state index contributed by atoms with van der Waals surface area (Å²) in [5, 5.41) is 5.66. The summed E-state index contributed by atoms with van der Waals surface area (Å²) in [5.74, 6) is -0.517. The van der Waals surface area contributed by atoms with Gasteiger partial charge in [0.1, 0.15) is 5.69 Å². The van der Waals surface area contributed by atoms with E-state index in [2.05, 4.69) is 15.6 Å². The monoisotopic (exact) mass is 294 g/mol. The minimum absolute atomic E-state index is 0.0381. The van der Waals surface area contributed by atoms with E-state index in [0.717, 1.165) is 5.69 Å². The van der Waals surface area contributed by atoms with Crippen molar-refractivity contribution in [3.63, 3.8) is 0 Å². The topological polar surface area (TPSA) is 59.0 Å². The Hall–Kier alpha value is -2.44. The summed E-state index contributed by atoms with van der Waals surface area (Å²) in [7, 11) is 0. The fourth-order valence-electron chi connectivity index (χ4n) is 1.94. The van der Waals surface area contributed by atoms with Crippen molar-refractivity contribution in [1.82, 2.24) is 14.9 Å². The second-order valence-corrected chi connectivity index (χ2v) is 4.43.